The number of hydrogen-bond donors (Lipinski definition) is 0. The normalized spacial score (nSPS) is 18.0. The summed E-state index contributed by atoms with van der Waals surface area (Å²) in [6.45, 7) is 7.44. The van der Waals surface area contributed by atoms with E-state index >= 15 is 0 Å². The number of ether oxygens (including phenoxy) is 1. The highest BCUT2D eigenvalue weighted by atomic mass is 16.5. The Kier molecular flexibility index (Phi) is 6.19. The minimum absolute atomic E-state index is 0.0203. The van der Waals surface area contributed by atoms with E-state index in [1.807, 2.05) is 11.8 Å². The molecule has 0 unspecified atom stereocenters. The second-order valence-corrected chi connectivity index (χ2v) is 5.89. The van der Waals surface area contributed by atoms with Crippen molar-refractivity contribution in [1.82, 2.24) is 14.7 Å². The maximum absolute atomic E-state index is 13.0. The zero-order chi connectivity index (χ0) is 16.8. The van der Waals surface area contributed by atoms with Gasteiger partial charge in [0.25, 0.3) is 5.91 Å². The van der Waals surface area contributed by atoms with E-state index in [1.54, 1.807) is 17.7 Å². The van der Waals surface area contributed by atoms with Gasteiger partial charge in [0, 0.05) is 25.2 Å². The van der Waals surface area contributed by atoms with Gasteiger partial charge in [-0.05, 0) is 39.5 Å². The first-order valence-corrected chi connectivity index (χ1v) is 8.68. The van der Waals surface area contributed by atoms with Gasteiger partial charge in [0.15, 0.2) is 5.69 Å². The van der Waals surface area contributed by atoms with Crippen LogP contribution in [0.3, 0.4) is 0 Å². The van der Waals surface area contributed by atoms with Gasteiger partial charge in [-0.1, -0.05) is 13.3 Å². The molecule has 0 saturated carbocycles. The van der Waals surface area contributed by atoms with Crippen molar-refractivity contribution in [2.24, 2.45) is 0 Å². The van der Waals surface area contributed by atoms with Crippen LogP contribution in [0.15, 0.2) is 6.07 Å². The fourth-order valence-corrected chi connectivity index (χ4v) is 3.18. The molecule has 1 aromatic rings. The molecule has 1 amide bonds. The highest BCUT2D eigenvalue weighted by Gasteiger charge is 2.30. The number of hydrogen-bond acceptors (Lipinski definition) is 4. The molecule has 0 aromatic carbocycles. The Labute approximate surface area is 137 Å². The maximum Gasteiger partial charge on any atom is 0.358 e. The molecule has 0 spiro atoms. The molecule has 0 N–H and O–H groups in total. The number of esters is 1. The monoisotopic (exact) mass is 321 g/mol. The standard InChI is InChI=1S/C17H27N3O3/c1-4-9-13-10-7-8-11-19(13)16(21)15-12-14(17(22)23-6-3)18-20(15)5-2/h12-13H,4-11H2,1-3H3/t13-/m0/s1. The molecule has 1 saturated heterocycles. The van der Waals surface area contributed by atoms with E-state index < -0.39 is 5.97 Å². The van der Waals surface area contributed by atoms with Gasteiger partial charge in [0.1, 0.15) is 5.69 Å². The molecule has 1 aliphatic rings. The van der Waals surface area contributed by atoms with Crippen LogP contribution in [0.1, 0.15) is 73.9 Å². The third-order valence-corrected chi connectivity index (χ3v) is 4.29. The highest BCUT2D eigenvalue weighted by molar-refractivity contribution is 5.96. The Morgan fingerprint density at radius 1 is 1.30 bits per heavy atom. The van der Waals surface area contributed by atoms with E-state index in [2.05, 4.69) is 12.0 Å². The Bertz CT molecular complexity index is 551. The molecule has 1 atom stereocenters. The predicted molar refractivity (Wildman–Crippen MR) is 87.4 cm³/mol. The van der Waals surface area contributed by atoms with E-state index in [0.717, 1.165) is 32.2 Å². The quantitative estimate of drug-likeness (QED) is 0.756. The molecule has 128 valence electrons. The summed E-state index contributed by atoms with van der Waals surface area (Å²) < 4.78 is 6.59. The summed E-state index contributed by atoms with van der Waals surface area (Å²) in [4.78, 5) is 26.8. The van der Waals surface area contributed by atoms with Gasteiger partial charge in [0.05, 0.1) is 6.61 Å². The lowest BCUT2D eigenvalue weighted by Gasteiger charge is -2.35. The predicted octanol–water partition coefficient (Wildman–Crippen LogP) is 2.87. The van der Waals surface area contributed by atoms with Gasteiger partial charge in [-0.2, -0.15) is 5.10 Å². The van der Waals surface area contributed by atoms with Gasteiger partial charge in [-0.3, -0.25) is 9.48 Å². The number of carbonyl (C=O) groups is 2. The van der Waals surface area contributed by atoms with E-state index in [1.165, 1.54) is 6.42 Å². The lowest BCUT2D eigenvalue weighted by atomic mass is 9.98. The van der Waals surface area contributed by atoms with Crippen LogP contribution < -0.4 is 0 Å². The first kappa shape index (κ1) is 17.5. The van der Waals surface area contributed by atoms with Gasteiger partial charge in [0.2, 0.25) is 0 Å². The Morgan fingerprint density at radius 2 is 2.09 bits per heavy atom. The summed E-state index contributed by atoms with van der Waals surface area (Å²) in [5, 5.41) is 4.23. The summed E-state index contributed by atoms with van der Waals surface area (Å²) in [6.07, 6.45) is 5.36. The molecule has 1 aliphatic heterocycles. The lowest BCUT2D eigenvalue weighted by Crippen LogP contribution is -2.44. The van der Waals surface area contributed by atoms with E-state index in [-0.39, 0.29) is 11.6 Å². The molecule has 0 bridgehead atoms. The van der Waals surface area contributed by atoms with Gasteiger partial charge in [-0.15, -0.1) is 0 Å². The van der Waals surface area contributed by atoms with Crippen molar-refractivity contribution in [3.63, 3.8) is 0 Å². The fraction of sp³-hybridized carbons (Fsp3) is 0.706. The van der Waals surface area contributed by atoms with Gasteiger partial charge >= 0.3 is 5.97 Å². The number of amides is 1. The van der Waals surface area contributed by atoms with Gasteiger partial charge < -0.3 is 9.64 Å². The molecule has 6 nitrogen and oxygen atoms in total. The van der Waals surface area contributed by atoms with Crippen LogP contribution in [0.4, 0.5) is 0 Å². The summed E-state index contributed by atoms with van der Waals surface area (Å²) in [6, 6.07) is 1.87. The third-order valence-electron chi connectivity index (χ3n) is 4.29. The average molecular weight is 321 g/mol. The molecule has 2 rings (SSSR count). The number of likely N-dealkylation sites (tertiary alicyclic amines) is 1. The van der Waals surface area contributed by atoms with Crippen LogP contribution in [0.25, 0.3) is 0 Å². The molecule has 0 aliphatic carbocycles. The minimum atomic E-state index is -0.475. The second kappa shape index (κ2) is 8.13. The largest absolute Gasteiger partial charge is 0.461 e. The SMILES string of the molecule is CCC[C@H]1CCCCN1C(=O)c1cc(C(=O)OCC)nn1CC. The molecular weight excluding hydrogens is 294 g/mol. The fourth-order valence-electron chi connectivity index (χ4n) is 3.18. The summed E-state index contributed by atoms with van der Waals surface area (Å²) in [5.74, 6) is -0.495. The molecule has 1 aromatic heterocycles. The van der Waals surface area contributed by atoms with E-state index in [0.29, 0.717) is 24.9 Å². The lowest BCUT2D eigenvalue weighted by molar-refractivity contribution is 0.0517. The smallest absolute Gasteiger partial charge is 0.358 e. The van der Waals surface area contributed by atoms with Crippen molar-refractivity contribution in [1.29, 1.82) is 0 Å². The summed E-state index contributed by atoms with van der Waals surface area (Å²) in [5.41, 5.74) is 0.694. The molecule has 23 heavy (non-hydrogen) atoms. The zero-order valence-electron chi connectivity index (χ0n) is 14.4. The second-order valence-electron chi connectivity index (χ2n) is 5.89. The van der Waals surface area contributed by atoms with Crippen molar-refractivity contribution in [3.05, 3.63) is 17.5 Å². The first-order chi connectivity index (χ1) is 11.1. The summed E-state index contributed by atoms with van der Waals surface area (Å²) in [7, 11) is 0. The topological polar surface area (TPSA) is 64.4 Å². The van der Waals surface area contributed by atoms with Crippen LogP contribution in [-0.2, 0) is 11.3 Å². The van der Waals surface area contributed by atoms with Crippen molar-refractivity contribution in [2.45, 2.75) is 65.5 Å². The number of rotatable bonds is 6. The minimum Gasteiger partial charge on any atom is -0.461 e. The Hall–Kier alpha value is -1.85. The van der Waals surface area contributed by atoms with Crippen molar-refractivity contribution >= 4 is 11.9 Å². The molecule has 2 heterocycles. The molecule has 6 heteroatoms. The van der Waals surface area contributed by atoms with Crippen LogP contribution >= 0.6 is 0 Å². The summed E-state index contributed by atoms with van der Waals surface area (Å²) >= 11 is 0. The molecular formula is C17H27N3O3. The van der Waals surface area contributed by atoms with Gasteiger partial charge in [-0.25, -0.2) is 4.79 Å². The van der Waals surface area contributed by atoms with Crippen molar-refractivity contribution in [2.75, 3.05) is 13.2 Å². The molecule has 1 fully saturated rings. The number of aromatic nitrogens is 2. The number of carbonyl (C=O) groups excluding carboxylic acids is 2. The number of piperidine rings is 1. The van der Waals surface area contributed by atoms with Crippen LogP contribution in [0.2, 0.25) is 0 Å². The van der Waals surface area contributed by atoms with Crippen molar-refractivity contribution < 1.29 is 14.3 Å². The number of nitrogens with zero attached hydrogens (tertiary/aromatic N) is 3. The van der Waals surface area contributed by atoms with Crippen molar-refractivity contribution in [3.8, 4) is 0 Å². The van der Waals surface area contributed by atoms with Crippen LogP contribution in [-0.4, -0.2) is 45.8 Å². The number of aryl methyl sites for hydroxylation is 1. The average Bonchev–Trinajstić information content (AvgIpc) is 3.00. The first-order valence-electron chi connectivity index (χ1n) is 8.68. The Balaban J connectivity index is 2.24. The molecule has 0 radical (unpaired) electrons. The van der Waals surface area contributed by atoms with Crippen LogP contribution in [0.5, 0.6) is 0 Å². The third kappa shape index (κ3) is 3.92. The highest BCUT2D eigenvalue weighted by Crippen LogP contribution is 2.23. The van der Waals surface area contributed by atoms with E-state index in [4.69, 9.17) is 4.74 Å². The zero-order valence-corrected chi connectivity index (χ0v) is 14.4. The van der Waals surface area contributed by atoms with E-state index in [9.17, 15) is 9.59 Å². The van der Waals surface area contributed by atoms with Crippen LogP contribution in [0, 0.1) is 0 Å². The maximum atomic E-state index is 13.0. The Morgan fingerprint density at radius 3 is 2.74 bits per heavy atom.